The predicted octanol–water partition coefficient (Wildman–Crippen LogP) is 1.70. The van der Waals surface area contributed by atoms with E-state index in [9.17, 15) is 0 Å². The number of piperidine rings is 1. The maximum Gasteiger partial charge on any atom is 0.144 e. The molecule has 1 aliphatic heterocycles. The summed E-state index contributed by atoms with van der Waals surface area (Å²) in [4.78, 5) is 0. The van der Waals surface area contributed by atoms with Gasteiger partial charge in [-0.05, 0) is 25.8 Å². The first kappa shape index (κ1) is 8.75. The van der Waals surface area contributed by atoms with Crippen LogP contribution in [0.25, 0.3) is 0 Å². The highest BCUT2D eigenvalue weighted by Crippen LogP contribution is 2.26. The van der Waals surface area contributed by atoms with Crippen molar-refractivity contribution in [2.45, 2.75) is 32.1 Å². The first-order chi connectivity index (χ1) is 6.42. The molecule has 1 aliphatic rings. The third-order valence-corrected chi connectivity index (χ3v) is 2.72. The van der Waals surface area contributed by atoms with Crippen LogP contribution in [0.4, 0.5) is 0 Å². The molecule has 0 saturated carbocycles. The Balaban J connectivity index is 2.13. The molecule has 1 fully saturated rings. The van der Waals surface area contributed by atoms with E-state index in [0.717, 1.165) is 25.3 Å². The summed E-state index contributed by atoms with van der Waals surface area (Å²) in [5.74, 6) is 1.65. The van der Waals surface area contributed by atoms with E-state index in [2.05, 4.69) is 17.4 Å². The van der Waals surface area contributed by atoms with Crippen molar-refractivity contribution < 1.29 is 4.52 Å². The smallest absolute Gasteiger partial charge is 0.144 e. The fourth-order valence-electron chi connectivity index (χ4n) is 1.95. The van der Waals surface area contributed by atoms with Crippen LogP contribution in [-0.2, 0) is 6.42 Å². The topological polar surface area (TPSA) is 38.1 Å². The van der Waals surface area contributed by atoms with Gasteiger partial charge in [-0.3, -0.25) is 0 Å². The monoisotopic (exact) mass is 180 g/mol. The Bertz CT molecular complexity index is 264. The summed E-state index contributed by atoms with van der Waals surface area (Å²) in [6, 6.07) is 0. The molecule has 0 radical (unpaired) electrons. The van der Waals surface area contributed by atoms with Gasteiger partial charge in [0, 0.05) is 18.0 Å². The molecular formula is C10H16N2O. The Morgan fingerprint density at radius 2 is 2.62 bits per heavy atom. The third kappa shape index (κ3) is 1.75. The van der Waals surface area contributed by atoms with Crippen molar-refractivity contribution in [1.82, 2.24) is 10.5 Å². The zero-order valence-corrected chi connectivity index (χ0v) is 8.05. The van der Waals surface area contributed by atoms with Gasteiger partial charge >= 0.3 is 0 Å². The van der Waals surface area contributed by atoms with Crippen LogP contribution < -0.4 is 5.32 Å². The lowest BCUT2D eigenvalue weighted by Gasteiger charge is -2.20. The third-order valence-electron chi connectivity index (χ3n) is 2.72. The van der Waals surface area contributed by atoms with E-state index in [1.165, 1.54) is 18.4 Å². The molecule has 1 aromatic heterocycles. The quantitative estimate of drug-likeness (QED) is 0.752. The van der Waals surface area contributed by atoms with Gasteiger partial charge in [0.25, 0.3) is 0 Å². The van der Waals surface area contributed by atoms with Crippen molar-refractivity contribution in [3.8, 4) is 0 Å². The molecule has 2 rings (SSSR count). The minimum Gasteiger partial charge on any atom is -0.361 e. The van der Waals surface area contributed by atoms with Crippen molar-refractivity contribution in [2.24, 2.45) is 0 Å². The van der Waals surface area contributed by atoms with Gasteiger partial charge in [0.15, 0.2) is 0 Å². The zero-order chi connectivity index (χ0) is 9.10. The fourth-order valence-corrected chi connectivity index (χ4v) is 1.95. The molecule has 1 atom stereocenters. The minimum absolute atomic E-state index is 0.547. The molecule has 3 nitrogen and oxygen atoms in total. The molecule has 72 valence electrons. The summed E-state index contributed by atoms with van der Waals surface area (Å²) in [6.45, 7) is 4.33. The van der Waals surface area contributed by atoms with Crippen molar-refractivity contribution in [3.63, 3.8) is 0 Å². The molecule has 0 aromatic carbocycles. The van der Waals surface area contributed by atoms with Crippen molar-refractivity contribution in [3.05, 3.63) is 17.5 Å². The lowest BCUT2D eigenvalue weighted by molar-refractivity contribution is 0.327. The normalized spacial score (nSPS) is 23.3. The first-order valence-corrected chi connectivity index (χ1v) is 5.06. The average Bonchev–Trinajstić information content (AvgIpc) is 2.67. The highest BCUT2D eigenvalue weighted by Gasteiger charge is 2.21. The molecule has 0 bridgehead atoms. The van der Waals surface area contributed by atoms with Crippen LogP contribution in [0.2, 0.25) is 0 Å². The van der Waals surface area contributed by atoms with Gasteiger partial charge < -0.3 is 9.84 Å². The molecule has 1 N–H and O–H groups in total. The number of hydrogen-bond acceptors (Lipinski definition) is 3. The van der Waals surface area contributed by atoms with Crippen LogP contribution in [0, 0.1) is 0 Å². The number of rotatable bonds is 2. The van der Waals surface area contributed by atoms with Gasteiger partial charge in [-0.25, -0.2) is 0 Å². The van der Waals surface area contributed by atoms with Gasteiger partial charge in [-0.2, -0.15) is 0 Å². The first-order valence-electron chi connectivity index (χ1n) is 5.06. The molecule has 2 heterocycles. The predicted molar refractivity (Wildman–Crippen MR) is 50.7 cm³/mol. The molecule has 3 heteroatoms. The summed E-state index contributed by atoms with van der Waals surface area (Å²) >= 11 is 0. The van der Waals surface area contributed by atoms with E-state index in [-0.39, 0.29) is 0 Å². The summed E-state index contributed by atoms with van der Waals surface area (Å²) in [6.07, 6.45) is 5.35. The summed E-state index contributed by atoms with van der Waals surface area (Å²) in [5, 5.41) is 7.25. The Morgan fingerprint density at radius 1 is 1.69 bits per heavy atom. The van der Waals surface area contributed by atoms with E-state index < -0.39 is 0 Å². The van der Waals surface area contributed by atoms with E-state index in [0.29, 0.717) is 5.92 Å². The van der Waals surface area contributed by atoms with Gasteiger partial charge in [-0.1, -0.05) is 12.1 Å². The summed E-state index contributed by atoms with van der Waals surface area (Å²) in [5.41, 5.74) is 1.27. The Kier molecular flexibility index (Phi) is 2.64. The van der Waals surface area contributed by atoms with Crippen LogP contribution in [0.15, 0.2) is 10.7 Å². The second-order valence-electron chi connectivity index (χ2n) is 3.61. The number of nitrogens with one attached hydrogen (secondary N) is 1. The number of aromatic nitrogens is 1. The van der Waals surface area contributed by atoms with Crippen LogP contribution in [-0.4, -0.2) is 18.2 Å². The van der Waals surface area contributed by atoms with E-state index in [1.54, 1.807) is 0 Å². The zero-order valence-electron chi connectivity index (χ0n) is 8.05. The Labute approximate surface area is 78.5 Å². The van der Waals surface area contributed by atoms with Crippen molar-refractivity contribution in [2.75, 3.05) is 13.1 Å². The van der Waals surface area contributed by atoms with Crippen LogP contribution >= 0.6 is 0 Å². The second kappa shape index (κ2) is 3.92. The maximum absolute atomic E-state index is 5.30. The molecule has 0 spiro atoms. The molecule has 13 heavy (non-hydrogen) atoms. The summed E-state index contributed by atoms with van der Waals surface area (Å²) < 4.78 is 5.30. The standard InChI is InChI=1S/C10H16N2O/c1-2-8-7-12-13-10(8)9-4-3-5-11-6-9/h7,9,11H,2-6H2,1H3. The molecular weight excluding hydrogens is 164 g/mol. The highest BCUT2D eigenvalue weighted by atomic mass is 16.5. The lowest BCUT2D eigenvalue weighted by Crippen LogP contribution is -2.28. The number of aryl methyl sites for hydroxylation is 1. The highest BCUT2D eigenvalue weighted by molar-refractivity contribution is 5.18. The van der Waals surface area contributed by atoms with E-state index >= 15 is 0 Å². The Hall–Kier alpha value is -0.830. The SMILES string of the molecule is CCc1cnoc1C1CCCNC1. The molecule has 1 unspecified atom stereocenters. The molecule has 1 saturated heterocycles. The van der Waals surface area contributed by atoms with Crippen LogP contribution in [0.3, 0.4) is 0 Å². The average molecular weight is 180 g/mol. The fraction of sp³-hybridized carbons (Fsp3) is 0.700. The second-order valence-corrected chi connectivity index (χ2v) is 3.61. The Morgan fingerprint density at radius 3 is 3.31 bits per heavy atom. The van der Waals surface area contributed by atoms with E-state index in [1.807, 2.05) is 6.20 Å². The molecule has 0 amide bonds. The molecule has 0 aliphatic carbocycles. The largest absolute Gasteiger partial charge is 0.361 e. The number of hydrogen-bond donors (Lipinski definition) is 1. The maximum atomic E-state index is 5.30. The van der Waals surface area contributed by atoms with Gasteiger partial charge in [-0.15, -0.1) is 0 Å². The minimum atomic E-state index is 0.547. The van der Waals surface area contributed by atoms with Crippen LogP contribution in [0.5, 0.6) is 0 Å². The van der Waals surface area contributed by atoms with Gasteiger partial charge in [0.05, 0.1) is 6.20 Å². The van der Waals surface area contributed by atoms with Crippen molar-refractivity contribution >= 4 is 0 Å². The van der Waals surface area contributed by atoms with E-state index in [4.69, 9.17) is 4.52 Å². The van der Waals surface area contributed by atoms with Gasteiger partial charge in [0.1, 0.15) is 5.76 Å². The summed E-state index contributed by atoms with van der Waals surface area (Å²) in [7, 11) is 0. The van der Waals surface area contributed by atoms with Crippen LogP contribution in [0.1, 0.15) is 37.0 Å². The van der Waals surface area contributed by atoms with Gasteiger partial charge in [0.2, 0.25) is 0 Å². The number of nitrogens with zero attached hydrogens (tertiary/aromatic N) is 1. The van der Waals surface area contributed by atoms with Crippen molar-refractivity contribution in [1.29, 1.82) is 0 Å². The lowest BCUT2D eigenvalue weighted by atomic mass is 9.94. The molecule has 1 aromatic rings.